The SMILES string of the molecule is CCN(CCC(=O)O)c1cccnc1Cl. The van der Waals surface area contributed by atoms with Crippen molar-refractivity contribution in [1.29, 1.82) is 0 Å². The van der Waals surface area contributed by atoms with E-state index in [9.17, 15) is 4.79 Å². The summed E-state index contributed by atoms with van der Waals surface area (Å²) in [6.45, 7) is 3.10. The molecule has 4 nitrogen and oxygen atoms in total. The average molecular weight is 229 g/mol. The van der Waals surface area contributed by atoms with E-state index in [4.69, 9.17) is 16.7 Å². The van der Waals surface area contributed by atoms with E-state index in [1.165, 1.54) is 0 Å². The van der Waals surface area contributed by atoms with Crippen LogP contribution in [-0.4, -0.2) is 29.1 Å². The second-order valence-electron chi connectivity index (χ2n) is 3.04. The maximum absolute atomic E-state index is 10.5. The van der Waals surface area contributed by atoms with Crippen LogP contribution in [0.1, 0.15) is 13.3 Å². The Balaban J connectivity index is 2.74. The van der Waals surface area contributed by atoms with Gasteiger partial charge in [0, 0.05) is 19.3 Å². The molecule has 0 atom stereocenters. The molecule has 0 aliphatic carbocycles. The molecule has 15 heavy (non-hydrogen) atoms. The molecule has 0 saturated heterocycles. The van der Waals surface area contributed by atoms with Gasteiger partial charge in [0.1, 0.15) is 0 Å². The van der Waals surface area contributed by atoms with E-state index >= 15 is 0 Å². The number of hydrogen-bond donors (Lipinski definition) is 1. The third-order valence-electron chi connectivity index (χ3n) is 2.06. The number of carboxylic acid groups (broad SMARTS) is 1. The van der Waals surface area contributed by atoms with Gasteiger partial charge in [-0.15, -0.1) is 0 Å². The number of hydrogen-bond acceptors (Lipinski definition) is 3. The number of anilines is 1. The minimum absolute atomic E-state index is 0.0963. The molecule has 0 unspecified atom stereocenters. The van der Waals surface area contributed by atoms with Crippen molar-refractivity contribution in [3.8, 4) is 0 Å². The molecule has 0 aliphatic heterocycles. The summed E-state index contributed by atoms with van der Waals surface area (Å²) in [5, 5.41) is 9.01. The van der Waals surface area contributed by atoms with E-state index in [-0.39, 0.29) is 6.42 Å². The molecule has 0 aliphatic rings. The van der Waals surface area contributed by atoms with Crippen LogP contribution >= 0.6 is 11.6 Å². The third-order valence-corrected chi connectivity index (χ3v) is 2.35. The molecular weight excluding hydrogens is 216 g/mol. The van der Waals surface area contributed by atoms with Crippen LogP contribution in [0.25, 0.3) is 0 Å². The molecule has 5 heteroatoms. The molecule has 1 aromatic rings. The zero-order chi connectivity index (χ0) is 11.3. The fraction of sp³-hybridized carbons (Fsp3) is 0.400. The molecule has 0 fully saturated rings. The lowest BCUT2D eigenvalue weighted by Gasteiger charge is -2.22. The van der Waals surface area contributed by atoms with Crippen LogP contribution in [0.4, 0.5) is 5.69 Å². The van der Waals surface area contributed by atoms with Crippen molar-refractivity contribution in [3.05, 3.63) is 23.5 Å². The highest BCUT2D eigenvalue weighted by molar-refractivity contribution is 6.32. The van der Waals surface area contributed by atoms with Crippen LogP contribution in [0, 0.1) is 0 Å². The highest BCUT2D eigenvalue weighted by Gasteiger charge is 2.10. The number of pyridine rings is 1. The quantitative estimate of drug-likeness (QED) is 0.784. The van der Waals surface area contributed by atoms with Gasteiger partial charge in [-0.1, -0.05) is 11.6 Å². The first kappa shape index (κ1) is 11.8. The molecule has 1 N–H and O–H groups in total. The summed E-state index contributed by atoms with van der Waals surface area (Å²) in [4.78, 5) is 16.3. The van der Waals surface area contributed by atoms with Gasteiger partial charge in [-0.25, -0.2) is 4.98 Å². The summed E-state index contributed by atoms with van der Waals surface area (Å²) in [6, 6.07) is 3.62. The lowest BCUT2D eigenvalue weighted by Crippen LogP contribution is -2.26. The summed E-state index contributed by atoms with van der Waals surface area (Å²) < 4.78 is 0. The average Bonchev–Trinajstić information content (AvgIpc) is 2.21. The van der Waals surface area contributed by atoms with Gasteiger partial charge in [-0.2, -0.15) is 0 Å². The van der Waals surface area contributed by atoms with Crippen LogP contribution in [0.15, 0.2) is 18.3 Å². The summed E-state index contributed by atoms with van der Waals surface area (Å²) in [6.07, 6.45) is 1.70. The number of carbonyl (C=O) groups is 1. The van der Waals surface area contributed by atoms with Gasteiger partial charge in [-0.05, 0) is 19.1 Å². The van der Waals surface area contributed by atoms with Gasteiger partial charge in [0.2, 0.25) is 0 Å². The molecule has 1 aromatic heterocycles. The summed E-state index contributed by atoms with van der Waals surface area (Å²) in [5.41, 5.74) is 0.780. The van der Waals surface area contributed by atoms with Crippen molar-refractivity contribution >= 4 is 23.3 Å². The number of rotatable bonds is 5. The van der Waals surface area contributed by atoms with E-state index in [2.05, 4.69) is 4.98 Å². The lowest BCUT2D eigenvalue weighted by molar-refractivity contribution is -0.136. The van der Waals surface area contributed by atoms with Crippen molar-refractivity contribution in [2.75, 3.05) is 18.0 Å². The number of nitrogens with zero attached hydrogens (tertiary/aromatic N) is 2. The van der Waals surface area contributed by atoms with Gasteiger partial charge in [0.15, 0.2) is 5.15 Å². The Morgan fingerprint density at radius 1 is 1.67 bits per heavy atom. The Kier molecular flexibility index (Phi) is 4.37. The molecule has 0 aromatic carbocycles. The standard InChI is InChI=1S/C10H13ClN2O2/c1-2-13(7-5-9(14)15)8-4-3-6-12-10(8)11/h3-4,6H,2,5,7H2,1H3,(H,14,15). The topological polar surface area (TPSA) is 53.4 Å². The minimum atomic E-state index is -0.812. The Morgan fingerprint density at radius 2 is 2.40 bits per heavy atom. The molecule has 1 rings (SSSR count). The molecule has 0 radical (unpaired) electrons. The highest BCUT2D eigenvalue weighted by Crippen LogP contribution is 2.22. The molecule has 0 bridgehead atoms. The maximum atomic E-state index is 10.5. The normalized spacial score (nSPS) is 10.0. The van der Waals surface area contributed by atoms with Gasteiger partial charge < -0.3 is 10.0 Å². The van der Waals surface area contributed by atoms with E-state index in [1.54, 1.807) is 12.3 Å². The summed E-state index contributed by atoms with van der Waals surface area (Å²) >= 11 is 5.91. The Morgan fingerprint density at radius 3 is 2.93 bits per heavy atom. The first-order chi connectivity index (χ1) is 7.15. The second-order valence-corrected chi connectivity index (χ2v) is 3.39. The van der Waals surface area contributed by atoms with Crippen molar-refractivity contribution in [1.82, 2.24) is 4.98 Å². The van der Waals surface area contributed by atoms with Crippen molar-refractivity contribution in [3.63, 3.8) is 0 Å². The van der Waals surface area contributed by atoms with Crippen molar-refractivity contribution in [2.45, 2.75) is 13.3 Å². The van der Waals surface area contributed by atoms with Crippen LogP contribution in [-0.2, 0) is 4.79 Å². The lowest BCUT2D eigenvalue weighted by atomic mass is 10.3. The first-order valence-corrected chi connectivity index (χ1v) is 5.10. The largest absolute Gasteiger partial charge is 0.481 e. The predicted octanol–water partition coefficient (Wildman–Crippen LogP) is 2.04. The molecule has 0 saturated carbocycles. The number of aromatic nitrogens is 1. The Hall–Kier alpha value is -1.29. The third kappa shape index (κ3) is 3.40. The fourth-order valence-corrected chi connectivity index (χ4v) is 1.53. The van der Waals surface area contributed by atoms with Crippen LogP contribution in [0.2, 0.25) is 5.15 Å². The van der Waals surface area contributed by atoms with Crippen LogP contribution in [0.3, 0.4) is 0 Å². The molecule has 0 amide bonds. The monoisotopic (exact) mass is 228 g/mol. The van der Waals surface area contributed by atoms with Gasteiger partial charge >= 0.3 is 5.97 Å². The summed E-state index contributed by atoms with van der Waals surface area (Å²) in [7, 11) is 0. The van der Waals surface area contributed by atoms with E-state index in [1.807, 2.05) is 17.9 Å². The molecule has 1 heterocycles. The van der Waals surface area contributed by atoms with E-state index in [0.29, 0.717) is 18.2 Å². The Labute approximate surface area is 93.5 Å². The van der Waals surface area contributed by atoms with Crippen molar-refractivity contribution < 1.29 is 9.90 Å². The summed E-state index contributed by atoms with van der Waals surface area (Å²) in [5.74, 6) is -0.812. The second kappa shape index (κ2) is 5.56. The fourth-order valence-electron chi connectivity index (χ4n) is 1.29. The predicted molar refractivity (Wildman–Crippen MR) is 59.4 cm³/mol. The van der Waals surface area contributed by atoms with E-state index in [0.717, 1.165) is 5.69 Å². The van der Waals surface area contributed by atoms with Gasteiger partial charge in [-0.3, -0.25) is 4.79 Å². The zero-order valence-electron chi connectivity index (χ0n) is 8.48. The van der Waals surface area contributed by atoms with E-state index < -0.39 is 5.97 Å². The minimum Gasteiger partial charge on any atom is -0.481 e. The number of carboxylic acids is 1. The van der Waals surface area contributed by atoms with Crippen LogP contribution in [0.5, 0.6) is 0 Å². The first-order valence-electron chi connectivity index (χ1n) is 4.72. The number of halogens is 1. The Bertz CT molecular complexity index is 344. The smallest absolute Gasteiger partial charge is 0.305 e. The zero-order valence-corrected chi connectivity index (χ0v) is 9.24. The van der Waals surface area contributed by atoms with Gasteiger partial charge in [0.25, 0.3) is 0 Å². The maximum Gasteiger partial charge on any atom is 0.305 e. The molecule has 0 spiro atoms. The number of aliphatic carboxylic acids is 1. The van der Waals surface area contributed by atoms with Gasteiger partial charge in [0.05, 0.1) is 12.1 Å². The van der Waals surface area contributed by atoms with Crippen LogP contribution < -0.4 is 4.90 Å². The molecular formula is C10H13ClN2O2. The molecule has 82 valence electrons. The van der Waals surface area contributed by atoms with Crippen molar-refractivity contribution in [2.24, 2.45) is 0 Å². The highest BCUT2D eigenvalue weighted by atomic mass is 35.5.